The number of nitrogens with zero attached hydrogens (tertiary/aromatic N) is 1. The average molecular weight is 618 g/mol. The van der Waals surface area contributed by atoms with Crippen molar-refractivity contribution >= 4 is 5.97 Å². The molecule has 7 rings (SSSR count). The molecule has 1 aromatic heterocycles. The molecule has 0 unspecified atom stereocenters. The van der Waals surface area contributed by atoms with E-state index in [9.17, 15) is 15.0 Å². The predicted molar refractivity (Wildman–Crippen MR) is 179 cm³/mol. The zero-order valence-electron chi connectivity index (χ0n) is 25.8. The molecule has 47 heavy (non-hydrogen) atoms. The second-order valence-electron chi connectivity index (χ2n) is 11.0. The summed E-state index contributed by atoms with van der Waals surface area (Å²) in [7, 11) is 0. The van der Waals surface area contributed by atoms with Crippen LogP contribution in [0.25, 0.3) is 61.6 Å². The van der Waals surface area contributed by atoms with E-state index in [4.69, 9.17) is 0 Å². The number of rotatable bonds is 7. The topological polar surface area (TPSA) is 67.1 Å². The van der Waals surface area contributed by atoms with Crippen molar-refractivity contribution < 1.29 is 49.1 Å². The molecule has 0 amide bonds. The van der Waals surface area contributed by atoms with E-state index in [2.05, 4.69) is 41.0 Å². The fourth-order valence-electron chi connectivity index (χ4n) is 5.89. The van der Waals surface area contributed by atoms with Gasteiger partial charge in [-0.25, -0.2) is 0 Å². The van der Waals surface area contributed by atoms with Crippen LogP contribution in [0.5, 0.6) is 5.75 Å². The smallest absolute Gasteiger partial charge is 0.872 e. The Morgan fingerprint density at radius 3 is 1.21 bits per heavy atom. The normalized spacial score (nSPS) is 10.6. The number of aromatic carboxylic acids is 1. The number of pyridine rings is 1. The van der Waals surface area contributed by atoms with E-state index in [1.54, 1.807) is 12.1 Å². The van der Waals surface area contributed by atoms with Gasteiger partial charge in [0, 0.05) is 35.4 Å². The van der Waals surface area contributed by atoms with Crippen molar-refractivity contribution in [2.24, 2.45) is 0 Å². The summed E-state index contributed by atoms with van der Waals surface area (Å²) in [6.45, 7) is 0. The summed E-state index contributed by atoms with van der Waals surface area (Å²) in [6.07, 6.45) is 0. The molecule has 0 fully saturated rings. The molecule has 4 nitrogen and oxygen atoms in total. The maximum absolute atomic E-state index is 14.1. The molecule has 5 heteroatoms. The molecule has 7 aromatic rings. The van der Waals surface area contributed by atoms with Crippen molar-refractivity contribution in [1.29, 1.82) is 0 Å². The first-order valence-corrected chi connectivity index (χ1v) is 15.1. The van der Waals surface area contributed by atoms with Crippen LogP contribution >= 0.6 is 0 Å². The number of benzene rings is 6. The van der Waals surface area contributed by atoms with Crippen LogP contribution in [0, 0.1) is 0 Å². The van der Waals surface area contributed by atoms with Crippen LogP contribution in [-0.4, -0.2) is 5.97 Å². The number of carbonyl (C=O) groups excluding carboxylic acids is 1. The molecule has 0 saturated heterocycles. The van der Waals surface area contributed by atoms with Gasteiger partial charge in [-0.1, -0.05) is 127 Å². The first-order chi connectivity index (χ1) is 22.6. The fraction of sp³-hybridized carbons (Fsp3) is 0. The first-order valence-electron chi connectivity index (χ1n) is 15.1. The van der Waals surface area contributed by atoms with Gasteiger partial charge in [0.25, 0.3) is 0 Å². The second kappa shape index (κ2) is 14.0. The molecule has 0 aliphatic rings. The Hall–Kier alpha value is -5.26. The third kappa shape index (κ3) is 6.53. The molecule has 0 aliphatic carbocycles. The predicted octanol–water partition coefficient (Wildman–Crippen LogP) is 4.74. The SMILES string of the molecule is O=C([O-])c1ccc(-c2cc(-c3ccccc3)[n+](-c3cc(-c4ccccc4)c([O-])c(-c4ccccc4)c3)c(-c3ccccc3)c2)cc1.[Na+]. The van der Waals surface area contributed by atoms with E-state index in [0.717, 1.165) is 50.5 Å². The van der Waals surface area contributed by atoms with Crippen molar-refractivity contribution in [3.8, 4) is 67.3 Å². The summed E-state index contributed by atoms with van der Waals surface area (Å²) >= 11 is 0. The van der Waals surface area contributed by atoms with Crippen molar-refractivity contribution in [3.05, 3.63) is 175 Å². The number of carbonyl (C=O) groups is 1. The van der Waals surface area contributed by atoms with Crippen LogP contribution < -0.4 is 44.3 Å². The van der Waals surface area contributed by atoms with E-state index in [0.29, 0.717) is 11.1 Å². The van der Waals surface area contributed by atoms with Crippen LogP contribution in [0.3, 0.4) is 0 Å². The Kier molecular flexibility index (Phi) is 9.46. The molecule has 0 radical (unpaired) electrons. The van der Waals surface area contributed by atoms with E-state index in [-0.39, 0.29) is 40.9 Å². The number of carboxylic acids is 1. The molecule has 1 heterocycles. The fourth-order valence-corrected chi connectivity index (χ4v) is 5.89. The molecule has 0 N–H and O–H groups in total. The third-order valence-corrected chi connectivity index (χ3v) is 8.16. The van der Waals surface area contributed by atoms with E-state index in [1.807, 2.05) is 121 Å². The summed E-state index contributed by atoms with van der Waals surface area (Å²) in [4.78, 5) is 11.5. The van der Waals surface area contributed by atoms with E-state index < -0.39 is 5.97 Å². The Labute approximate surface area is 296 Å². The molecule has 0 bridgehead atoms. The second-order valence-corrected chi connectivity index (χ2v) is 11.0. The number of aromatic nitrogens is 1. The molecule has 220 valence electrons. The van der Waals surface area contributed by atoms with E-state index >= 15 is 0 Å². The summed E-state index contributed by atoms with van der Waals surface area (Å²) in [6, 6.07) is 54.8. The zero-order chi connectivity index (χ0) is 31.5. The summed E-state index contributed by atoms with van der Waals surface area (Å²) in [5, 5.41) is 25.6. The van der Waals surface area contributed by atoms with Gasteiger partial charge in [-0.15, -0.1) is 0 Å². The minimum Gasteiger partial charge on any atom is -0.872 e. The molecular formula is C42H28NNaO3. The van der Waals surface area contributed by atoms with Gasteiger partial charge in [-0.2, -0.15) is 4.57 Å². The van der Waals surface area contributed by atoms with Gasteiger partial charge in [-0.05, 0) is 63.2 Å². The van der Waals surface area contributed by atoms with Crippen LogP contribution in [0.15, 0.2) is 170 Å². The van der Waals surface area contributed by atoms with Gasteiger partial charge in [0.1, 0.15) is 0 Å². The molecule has 0 atom stereocenters. The number of hydrogen-bond donors (Lipinski definition) is 0. The summed E-state index contributed by atoms with van der Waals surface area (Å²) in [5.74, 6) is -1.24. The summed E-state index contributed by atoms with van der Waals surface area (Å²) < 4.78 is 2.21. The molecule has 0 saturated carbocycles. The van der Waals surface area contributed by atoms with Crippen LogP contribution in [0.4, 0.5) is 0 Å². The van der Waals surface area contributed by atoms with Crippen molar-refractivity contribution in [1.82, 2.24) is 0 Å². The molecule has 0 aliphatic heterocycles. The van der Waals surface area contributed by atoms with Crippen molar-refractivity contribution in [2.45, 2.75) is 0 Å². The van der Waals surface area contributed by atoms with Gasteiger partial charge in [0.15, 0.2) is 0 Å². The number of hydrogen-bond acceptors (Lipinski definition) is 3. The quantitative estimate of drug-likeness (QED) is 0.192. The van der Waals surface area contributed by atoms with Gasteiger partial charge in [0.05, 0.1) is 5.97 Å². The van der Waals surface area contributed by atoms with Gasteiger partial charge >= 0.3 is 29.6 Å². The minimum atomic E-state index is -1.21. The monoisotopic (exact) mass is 617 g/mol. The Bertz CT molecular complexity index is 2030. The Morgan fingerprint density at radius 2 is 0.830 bits per heavy atom. The van der Waals surface area contributed by atoms with Crippen LogP contribution in [-0.2, 0) is 0 Å². The standard InChI is InChI=1S/C42H29NO3.Na/c44-41-37(30-13-5-1-6-14-30)27-36(28-38(41)31-15-7-2-8-16-31)43-39(32-17-9-3-10-18-32)25-35(26-40(43)33-19-11-4-12-20-33)29-21-23-34(24-22-29)42(45)46;/h1-28H,(H-,44,45,46);/q;+1/p-1. The van der Waals surface area contributed by atoms with E-state index in [1.165, 1.54) is 0 Å². The minimum absolute atomic E-state index is 0. The maximum Gasteiger partial charge on any atom is 1.00 e. The maximum atomic E-state index is 14.1. The third-order valence-electron chi connectivity index (χ3n) is 8.16. The summed E-state index contributed by atoms with van der Waals surface area (Å²) in [5.41, 5.74) is 9.49. The van der Waals surface area contributed by atoms with Gasteiger partial charge in [-0.3, -0.25) is 0 Å². The average Bonchev–Trinajstić information content (AvgIpc) is 3.13. The Balaban J connectivity index is 0.00000386. The molecule has 6 aromatic carbocycles. The van der Waals surface area contributed by atoms with Crippen LogP contribution in [0.2, 0.25) is 0 Å². The molecular weight excluding hydrogens is 589 g/mol. The zero-order valence-corrected chi connectivity index (χ0v) is 27.8. The van der Waals surface area contributed by atoms with Crippen LogP contribution in [0.1, 0.15) is 10.4 Å². The van der Waals surface area contributed by atoms with Gasteiger partial charge in [0.2, 0.25) is 17.1 Å². The largest absolute Gasteiger partial charge is 1.00 e. The van der Waals surface area contributed by atoms with Crippen molar-refractivity contribution in [2.75, 3.05) is 0 Å². The number of carboxylic acid groups (broad SMARTS) is 1. The van der Waals surface area contributed by atoms with Crippen molar-refractivity contribution in [3.63, 3.8) is 0 Å². The van der Waals surface area contributed by atoms with Gasteiger partial charge < -0.3 is 15.0 Å². The molecule has 0 spiro atoms. The first kappa shape index (κ1) is 31.7. The Morgan fingerprint density at radius 1 is 0.447 bits per heavy atom.